The predicted octanol–water partition coefficient (Wildman–Crippen LogP) is 1.44. The average molecular weight is 280 g/mol. The van der Waals surface area contributed by atoms with Gasteiger partial charge in [0, 0.05) is 12.6 Å². The van der Waals surface area contributed by atoms with Gasteiger partial charge in [-0.2, -0.15) is 0 Å². The van der Waals surface area contributed by atoms with Crippen LogP contribution in [0.2, 0.25) is 0 Å². The number of hydrogen-bond donors (Lipinski definition) is 1. The summed E-state index contributed by atoms with van der Waals surface area (Å²) in [6, 6.07) is 0.674. The molecule has 1 fully saturated rings. The fourth-order valence-electron chi connectivity index (χ4n) is 2.85. The van der Waals surface area contributed by atoms with E-state index in [0.29, 0.717) is 6.04 Å². The predicted molar refractivity (Wildman–Crippen MR) is 79.3 cm³/mol. The maximum Gasteiger partial charge on any atom is 0.165 e. The summed E-state index contributed by atoms with van der Waals surface area (Å²) in [5, 5.41) is 15.7. The number of nitrogens with zero attached hydrogens (tertiary/aromatic N) is 5. The van der Waals surface area contributed by atoms with E-state index in [2.05, 4.69) is 39.6 Å². The molecule has 6 nitrogen and oxygen atoms in total. The summed E-state index contributed by atoms with van der Waals surface area (Å²) >= 11 is 0. The molecular formula is C14H28N6. The Hall–Kier alpha value is -1.01. The van der Waals surface area contributed by atoms with Gasteiger partial charge >= 0.3 is 0 Å². The number of nitrogens with one attached hydrogen (secondary N) is 1. The van der Waals surface area contributed by atoms with Crippen LogP contribution in [0.4, 0.5) is 0 Å². The van der Waals surface area contributed by atoms with Gasteiger partial charge in [0.25, 0.3) is 0 Å². The van der Waals surface area contributed by atoms with E-state index in [-0.39, 0.29) is 0 Å². The molecule has 2 heterocycles. The van der Waals surface area contributed by atoms with Gasteiger partial charge in [-0.05, 0) is 55.7 Å². The Labute approximate surface area is 121 Å². The first-order chi connectivity index (χ1) is 9.85. The Balaban J connectivity index is 1.97. The van der Waals surface area contributed by atoms with E-state index in [0.717, 1.165) is 45.0 Å². The van der Waals surface area contributed by atoms with Crippen molar-refractivity contribution in [1.29, 1.82) is 0 Å². The molecule has 1 aromatic heterocycles. The first-order valence-corrected chi connectivity index (χ1v) is 8.05. The van der Waals surface area contributed by atoms with Crippen molar-refractivity contribution in [3.8, 4) is 0 Å². The molecule has 1 saturated heterocycles. The molecule has 0 radical (unpaired) electrons. The number of rotatable bonds is 8. The van der Waals surface area contributed by atoms with Crippen LogP contribution in [-0.2, 0) is 13.1 Å². The Morgan fingerprint density at radius 1 is 1.25 bits per heavy atom. The first-order valence-electron chi connectivity index (χ1n) is 8.05. The van der Waals surface area contributed by atoms with Crippen molar-refractivity contribution in [2.75, 3.05) is 19.6 Å². The zero-order valence-electron chi connectivity index (χ0n) is 12.9. The lowest BCUT2D eigenvalue weighted by atomic mass is 10.0. The van der Waals surface area contributed by atoms with Crippen LogP contribution in [0.3, 0.4) is 0 Å². The zero-order valence-corrected chi connectivity index (χ0v) is 12.9. The van der Waals surface area contributed by atoms with Crippen molar-refractivity contribution >= 4 is 0 Å². The van der Waals surface area contributed by atoms with E-state index >= 15 is 0 Å². The van der Waals surface area contributed by atoms with Gasteiger partial charge < -0.3 is 5.32 Å². The minimum Gasteiger partial charge on any atom is -0.317 e. The highest BCUT2D eigenvalue weighted by atomic mass is 15.5. The van der Waals surface area contributed by atoms with Crippen LogP contribution < -0.4 is 5.32 Å². The smallest absolute Gasteiger partial charge is 0.165 e. The first kappa shape index (κ1) is 15.4. The van der Waals surface area contributed by atoms with Gasteiger partial charge in [0.05, 0.1) is 6.54 Å². The second kappa shape index (κ2) is 8.32. The van der Waals surface area contributed by atoms with Crippen LogP contribution in [0.1, 0.15) is 51.8 Å². The Bertz CT molecular complexity index is 371. The maximum atomic E-state index is 4.23. The Morgan fingerprint density at radius 2 is 2.05 bits per heavy atom. The van der Waals surface area contributed by atoms with E-state index in [9.17, 15) is 0 Å². The van der Waals surface area contributed by atoms with Crippen molar-refractivity contribution in [1.82, 2.24) is 30.4 Å². The largest absolute Gasteiger partial charge is 0.317 e. The Morgan fingerprint density at radius 3 is 2.75 bits per heavy atom. The molecule has 114 valence electrons. The molecule has 2 rings (SSSR count). The van der Waals surface area contributed by atoms with Gasteiger partial charge in [0.1, 0.15) is 0 Å². The number of piperidine rings is 1. The third-order valence-corrected chi connectivity index (χ3v) is 4.01. The molecule has 0 aliphatic carbocycles. The molecule has 0 saturated carbocycles. The summed E-state index contributed by atoms with van der Waals surface area (Å²) in [5.41, 5.74) is 0. The molecule has 1 aliphatic rings. The molecule has 1 N–H and O–H groups in total. The van der Waals surface area contributed by atoms with Crippen molar-refractivity contribution in [2.45, 2.75) is 65.1 Å². The van der Waals surface area contributed by atoms with E-state index < -0.39 is 0 Å². The molecular weight excluding hydrogens is 252 g/mol. The summed E-state index contributed by atoms with van der Waals surface area (Å²) in [6.45, 7) is 9.65. The molecule has 20 heavy (non-hydrogen) atoms. The summed E-state index contributed by atoms with van der Waals surface area (Å²) in [4.78, 5) is 2.56. The van der Waals surface area contributed by atoms with Crippen molar-refractivity contribution in [3.05, 3.63) is 5.82 Å². The van der Waals surface area contributed by atoms with Gasteiger partial charge in [0.15, 0.2) is 5.82 Å². The van der Waals surface area contributed by atoms with Crippen LogP contribution in [0.5, 0.6) is 0 Å². The second-order valence-corrected chi connectivity index (χ2v) is 5.62. The lowest BCUT2D eigenvalue weighted by Gasteiger charge is -2.34. The lowest BCUT2D eigenvalue weighted by Crippen LogP contribution is -2.43. The standard InChI is InChI=1S/C14H28N6/c1-3-5-11-20-14(16-17-18-20)12-19(10-4-2)13-6-8-15-9-7-13/h13,15H,3-12H2,1-2H3. The maximum absolute atomic E-state index is 4.23. The lowest BCUT2D eigenvalue weighted by molar-refractivity contribution is 0.148. The third kappa shape index (κ3) is 4.24. The fourth-order valence-corrected chi connectivity index (χ4v) is 2.85. The number of aryl methyl sites for hydroxylation is 1. The monoisotopic (exact) mass is 280 g/mol. The molecule has 0 spiro atoms. The second-order valence-electron chi connectivity index (χ2n) is 5.62. The van der Waals surface area contributed by atoms with Gasteiger partial charge in [-0.1, -0.05) is 20.3 Å². The molecule has 1 aromatic rings. The molecule has 0 amide bonds. The van der Waals surface area contributed by atoms with E-state index in [4.69, 9.17) is 0 Å². The van der Waals surface area contributed by atoms with Gasteiger partial charge in [-0.3, -0.25) is 4.90 Å². The van der Waals surface area contributed by atoms with E-state index in [1.54, 1.807) is 0 Å². The average Bonchev–Trinajstić information content (AvgIpc) is 2.93. The summed E-state index contributed by atoms with van der Waals surface area (Å²) in [7, 11) is 0. The summed E-state index contributed by atoms with van der Waals surface area (Å²) in [6.07, 6.45) is 5.96. The third-order valence-electron chi connectivity index (χ3n) is 4.01. The number of hydrogen-bond acceptors (Lipinski definition) is 5. The number of aromatic nitrogens is 4. The highest BCUT2D eigenvalue weighted by Gasteiger charge is 2.22. The molecule has 0 unspecified atom stereocenters. The summed E-state index contributed by atoms with van der Waals surface area (Å²) in [5.74, 6) is 1.02. The minimum absolute atomic E-state index is 0.674. The fraction of sp³-hybridized carbons (Fsp3) is 0.929. The molecule has 0 atom stereocenters. The van der Waals surface area contributed by atoms with Crippen LogP contribution >= 0.6 is 0 Å². The van der Waals surface area contributed by atoms with E-state index in [1.165, 1.54) is 25.7 Å². The van der Waals surface area contributed by atoms with Crippen LogP contribution in [0.15, 0.2) is 0 Å². The van der Waals surface area contributed by atoms with Crippen molar-refractivity contribution in [2.24, 2.45) is 0 Å². The molecule has 0 bridgehead atoms. The highest BCUT2D eigenvalue weighted by Crippen LogP contribution is 2.15. The summed E-state index contributed by atoms with van der Waals surface area (Å²) < 4.78 is 1.98. The normalized spacial score (nSPS) is 16.9. The quantitative estimate of drug-likeness (QED) is 0.781. The van der Waals surface area contributed by atoms with Crippen molar-refractivity contribution in [3.63, 3.8) is 0 Å². The van der Waals surface area contributed by atoms with Crippen LogP contribution in [-0.4, -0.2) is 50.8 Å². The molecule has 0 aromatic carbocycles. The van der Waals surface area contributed by atoms with Gasteiger partial charge in [-0.15, -0.1) is 5.10 Å². The van der Waals surface area contributed by atoms with Gasteiger partial charge in [-0.25, -0.2) is 4.68 Å². The highest BCUT2D eigenvalue weighted by molar-refractivity contribution is 4.85. The number of unbranched alkanes of at least 4 members (excludes halogenated alkanes) is 1. The van der Waals surface area contributed by atoms with Gasteiger partial charge in [0.2, 0.25) is 0 Å². The number of tetrazole rings is 1. The SMILES string of the molecule is CCCCn1nnnc1CN(CCC)C1CCNCC1. The topological polar surface area (TPSA) is 58.9 Å². The zero-order chi connectivity index (χ0) is 14.2. The molecule has 6 heteroatoms. The van der Waals surface area contributed by atoms with E-state index in [1.807, 2.05) is 4.68 Å². The Kier molecular flexibility index (Phi) is 6.39. The minimum atomic E-state index is 0.674. The molecule has 1 aliphatic heterocycles. The van der Waals surface area contributed by atoms with Crippen LogP contribution in [0, 0.1) is 0 Å². The van der Waals surface area contributed by atoms with Crippen LogP contribution in [0.25, 0.3) is 0 Å². The van der Waals surface area contributed by atoms with Crippen molar-refractivity contribution < 1.29 is 0 Å².